The zero-order valence-corrected chi connectivity index (χ0v) is 20.8. The second kappa shape index (κ2) is 7.99. The van der Waals surface area contributed by atoms with Gasteiger partial charge in [-0.05, 0) is 70.3 Å². The number of aromatic nitrogens is 2. The summed E-state index contributed by atoms with van der Waals surface area (Å²) in [5, 5.41) is 6.96. The van der Waals surface area contributed by atoms with Gasteiger partial charge in [-0.25, -0.2) is 0 Å². The van der Waals surface area contributed by atoms with Gasteiger partial charge in [0.15, 0.2) is 0 Å². The first-order valence-electron chi connectivity index (χ1n) is 12.8. The number of fused-ring (bicyclic) bond motifs is 9. The van der Waals surface area contributed by atoms with Crippen LogP contribution in [0.15, 0.2) is 120 Å². The average Bonchev–Trinajstić information content (AvgIpc) is 3.35. The molecule has 0 fully saturated rings. The summed E-state index contributed by atoms with van der Waals surface area (Å²) in [5.74, 6) is 0. The standard InChI is InChI=1S/C35H22N2O/c1-21-9-12-27-29(17-21)30-19-24(10-13-28(30)35-34(27)36-15-16-37-35)22-5-4-6-23(18-22)25-11-14-33-31(20-25)26-7-2-3-8-32(26)38-33/h2-20H,1H3. The Bertz CT molecular complexity index is 2210. The number of furan rings is 1. The molecule has 0 aliphatic heterocycles. The molecule has 38 heavy (non-hydrogen) atoms. The monoisotopic (exact) mass is 486 g/mol. The highest BCUT2D eigenvalue weighted by Gasteiger charge is 2.13. The fourth-order valence-corrected chi connectivity index (χ4v) is 5.76. The first kappa shape index (κ1) is 21.1. The summed E-state index contributed by atoms with van der Waals surface area (Å²) in [6.45, 7) is 2.14. The summed E-state index contributed by atoms with van der Waals surface area (Å²) in [6, 6.07) is 36.7. The molecule has 0 aliphatic carbocycles. The van der Waals surface area contributed by atoms with E-state index < -0.39 is 0 Å². The molecule has 8 aromatic rings. The Hall–Kier alpha value is -5.02. The van der Waals surface area contributed by atoms with Crippen molar-refractivity contribution >= 4 is 54.5 Å². The summed E-state index contributed by atoms with van der Waals surface area (Å²) in [6.07, 6.45) is 3.55. The molecular weight excluding hydrogens is 464 g/mol. The predicted molar refractivity (Wildman–Crippen MR) is 157 cm³/mol. The molecule has 2 aromatic heterocycles. The molecule has 0 N–H and O–H groups in total. The molecule has 0 radical (unpaired) electrons. The van der Waals surface area contributed by atoms with Crippen LogP contribution in [0, 0.1) is 6.92 Å². The number of aryl methyl sites for hydroxylation is 1. The molecule has 3 heteroatoms. The summed E-state index contributed by atoms with van der Waals surface area (Å²) in [5.41, 5.74) is 9.68. The van der Waals surface area contributed by atoms with E-state index in [-0.39, 0.29) is 0 Å². The molecule has 0 saturated heterocycles. The molecule has 0 spiro atoms. The third kappa shape index (κ3) is 3.15. The van der Waals surface area contributed by atoms with Crippen molar-refractivity contribution in [1.82, 2.24) is 9.97 Å². The average molecular weight is 487 g/mol. The van der Waals surface area contributed by atoms with Crippen molar-refractivity contribution in [3.05, 3.63) is 121 Å². The van der Waals surface area contributed by atoms with E-state index in [1.165, 1.54) is 38.6 Å². The fraction of sp³-hybridized carbons (Fsp3) is 0.0286. The maximum absolute atomic E-state index is 6.04. The van der Waals surface area contributed by atoms with Crippen molar-refractivity contribution in [2.24, 2.45) is 0 Å². The van der Waals surface area contributed by atoms with Crippen molar-refractivity contribution in [3.63, 3.8) is 0 Å². The van der Waals surface area contributed by atoms with Gasteiger partial charge in [0.2, 0.25) is 0 Å². The number of para-hydroxylation sites is 1. The van der Waals surface area contributed by atoms with Gasteiger partial charge in [-0.3, -0.25) is 9.97 Å². The Morgan fingerprint density at radius 2 is 1.05 bits per heavy atom. The van der Waals surface area contributed by atoms with Crippen molar-refractivity contribution in [2.45, 2.75) is 6.92 Å². The Kier molecular flexibility index (Phi) is 4.44. The second-order valence-electron chi connectivity index (χ2n) is 9.95. The van der Waals surface area contributed by atoms with E-state index in [0.29, 0.717) is 0 Å². The highest BCUT2D eigenvalue weighted by molar-refractivity contribution is 6.23. The molecule has 8 rings (SSSR count). The van der Waals surface area contributed by atoms with Gasteiger partial charge in [-0.2, -0.15) is 0 Å². The highest BCUT2D eigenvalue weighted by atomic mass is 16.3. The molecular formula is C35H22N2O. The van der Waals surface area contributed by atoms with Crippen LogP contribution >= 0.6 is 0 Å². The van der Waals surface area contributed by atoms with Gasteiger partial charge in [0.25, 0.3) is 0 Å². The highest BCUT2D eigenvalue weighted by Crippen LogP contribution is 2.37. The summed E-state index contributed by atoms with van der Waals surface area (Å²) < 4.78 is 6.04. The quantitative estimate of drug-likeness (QED) is 0.228. The first-order chi connectivity index (χ1) is 18.7. The van der Waals surface area contributed by atoms with Crippen LogP contribution in [-0.4, -0.2) is 9.97 Å². The van der Waals surface area contributed by atoms with Gasteiger partial charge < -0.3 is 4.42 Å². The van der Waals surface area contributed by atoms with E-state index in [1.54, 1.807) is 12.4 Å². The Balaban J connectivity index is 1.31. The third-order valence-electron chi connectivity index (χ3n) is 7.60. The van der Waals surface area contributed by atoms with E-state index in [9.17, 15) is 0 Å². The largest absolute Gasteiger partial charge is 0.456 e. The number of rotatable bonds is 2. The topological polar surface area (TPSA) is 38.9 Å². The Morgan fingerprint density at radius 3 is 1.84 bits per heavy atom. The molecule has 0 bridgehead atoms. The first-order valence-corrected chi connectivity index (χ1v) is 12.8. The lowest BCUT2D eigenvalue weighted by Gasteiger charge is -2.12. The lowest BCUT2D eigenvalue weighted by molar-refractivity contribution is 0.669. The number of nitrogens with zero attached hydrogens (tertiary/aromatic N) is 2. The third-order valence-corrected chi connectivity index (χ3v) is 7.60. The molecule has 0 aliphatic rings. The molecule has 6 aromatic carbocycles. The zero-order chi connectivity index (χ0) is 25.2. The lowest BCUT2D eigenvalue weighted by atomic mass is 9.93. The Labute approximate surface area is 219 Å². The Morgan fingerprint density at radius 1 is 0.447 bits per heavy atom. The van der Waals surface area contributed by atoms with Crippen molar-refractivity contribution in [2.75, 3.05) is 0 Å². The van der Waals surface area contributed by atoms with Crippen LogP contribution in [0.2, 0.25) is 0 Å². The minimum absolute atomic E-state index is 0.915. The van der Waals surface area contributed by atoms with Crippen LogP contribution in [0.1, 0.15) is 5.56 Å². The van der Waals surface area contributed by atoms with E-state index in [2.05, 4.69) is 103 Å². The molecule has 2 heterocycles. The van der Waals surface area contributed by atoms with Gasteiger partial charge in [0, 0.05) is 33.9 Å². The molecule has 0 unspecified atom stereocenters. The van der Waals surface area contributed by atoms with E-state index >= 15 is 0 Å². The van der Waals surface area contributed by atoms with E-state index in [1.807, 2.05) is 12.1 Å². The minimum Gasteiger partial charge on any atom is -0.456 e. The maximum atomic E-state index is 6.04. The van der Waals surface area contributed by atoms with Crippen LogP contribution in [0.3, 0.4) is 0 Å². The predicted octanol–water partition coefficient (Wildman–Crippen LogP) is 9.48. The van der Waals surface area contributed by atoms with Gasteiger partial charge in [-0.1, -0.05) is 78.4 Å². The van der Waals surface area contributed by atoms with Crippen molar-refractivity contribution in [1.29, 1.82) is 0 Å². The van der Waals surface area contributed by atoms with Crippen molar-refractivity contribution in [3.8, 4) is 22.3 Å². The van der Waals surface area contributed by atoms with E-state index in [0.717, 1.165) is 43.7 Å². The number of benzene rings is 6. The van der Waals surface area contributed by atoms with Crippen LogP contribution < -0.4 is 0 Å². The molecule has 3 nitrogen and oxygen atoms in total. The zero-order valence-electron chi connectivity index (χ0n) is 20.8. The molecule has 0 atom stereocenters. The normalized spacial score (nSPS) is 11.8. The SMILES string of the molecule is Cc1ccc2c(c1)c1cc(-c3cccc(-c4ccc5oc6ccccc6c5c4)c3)ccc1c1nccnc21. The maximum Gasteiger partial charge on any atom is 0.135 e. The lowest BCUT2D eigenvalue weighted by Crippen LogP contribution is -1.90. The van der Waals surface area contributed by atoms with Crippen LogP contribution in [-0.2, 0) is 0 Å². The van der Waals surface area contributed by atoms with Crippen LogP contribution in [0.25, 0.3) is 76.8 Å². The van der Waals surface area contributed by atoms with E-state index in [4.69, 9.17) is 9.40 Å². The second-order valence-corrected chi connectivity index (χ2v) is 9.95. The van der Waals surface area contributed by atoms with Crippen LogP contribution in [0.5, 0.6) is 0 Å². The minimum atomic E-state index is 0.915. The van der Waals surface area contributed by atoms with Crippen molar-refractivity contribution < 1.29 is 4.42 Å². The molecule has 178 valence electrons. The molecule has 0 saturated carbocycles. The smallest absolute Gasteiger partial charge is 0.135 e. The van der Waals surface area contributed by atoms with Gasteiger partial charge in [0.1, 0.15) is 11.2 Å². The molecule has 0 amide bonds. The summed E-state index contributed by atoms with van der Waals surface area (Å²) in [7, 11) is 0. The summed E-state index contributed by atoms with van der Waals surface area (Å²) >= 11 is 0. The number of hydrogen-bond acceptors (Lipinski definition) is 3. The summed E-state index contributed by atoms with van der Waals surface area (Å²) in [4.78, 5) is 9.39. The number of hydrogen-bond donors (Lipinski definition) is 0. The van der Waals surface area contributed by atoms with Gasteiger partial charge in [0.05, 0.1) is 11.0 Å². The van der Waals surface area contributed by atoms with Crippen LogP contribution in [0.4, 0.5) is 0 Å². The van der Waals surface area contributed by atoms with Gasteiger partial charge >= 0.3 is 0 Å². The van der Waals surface area contributed by atoms with Gasteiger partial charge in [-0.15, -0.1) is 0 Å². The fourth-order valence-electron chi connectivity index (χ4n) is 5.76.